The molecule has 1 aromatic rings. The Hall–Kier alpha value is -1.20. The van der Waals surface area contributed by atoms with Gasteiger partial charge in [0, 0.05) is 16.6 Å². The summed E-state index contributed by atoms with van der Waals surface area (Å²) in [5.74, 6) is 0.0469. The molecule has 1 heterocycles. The number of nitrogens with two attached hydrogens (primary N) is 1. The standard InChI is InChI=1S/C14H21N3OS/c1-17-8-6-11(7-9-17)16-12-4-2-3-5-13(12)19-10-14(15)18/h2-5,11,16H,6-10H2,1H3,(H2,15,18). The van der Waals surface area contributed by atoms with Gasteiger partial charge in [0.05, 0.1) is 5.75 Å². The normalized spacial score (nSPS) is 17.3. The van der Waals surface area contributed by atoms with Gasteiger partial charge < -0.3 is 16.0 Å². The average molecular weight is 279 g/mol. The molecule has 4 nitrogen and oxygen atoms in total. The number of hydrogen-bond donors (Lipinski definition) is 2. The van der Waals surface area contributed by atoms with Crippen molar-refractivity contribution >= 4 is 23.4 Å². The van der Waals surface area contributed by atoms with Crippen LogP contribution >= 0.6 is 11.8 Å². The molecule has 0 atom stereocenters. The summed E-state index contributed by atoms with van der Waals surface area (Å²) in [6.07, 6.45) is 2.32. The minimum atomic E-state index is -0.279. The smallest absolute Gasteiger partial charge is 0.227 e. The first-order chi connectivity index (χ1) is 9.15. The summed E-state index contributed by atoms with van der Waals surface area (Å²) in [4.78, 5) is 14.3. The Morgan fingerprint density at radius 1 is 1.42 bits per heavy atom. The number of likely N-dealkylation sites (tertiary alicyclic amines) is 1. The fraction of sp³-hybridized carbons (Fsp3) is 0.500. The van der Waals surface area contributed by atoms with E-state index in [9.17, 15) is 4.79 Å². The van der Waals surface area contributed by atoms with Gasteiger partial charge in [0.25, 0.3) is 0 Å². The predicted octanol–water partition coefficient (Wildman–Crippen LogP) is 1.77. The van der Waals surface area contributed by atoms with Gasteiger partial charge in [0.2, 0.25) is 5.91 Å². The number of carbonyl (C=O) groups is 1. The lowest BCUT2D eigenvalue weighted by Crippen LogP contribution is -2.36. The van der Waals surface area contributed by atoms with Crippen LogP contribution in [0.25, 0.3) is 0 Å². The van der Waals surface area contributed by atoms with Crippen LogP contribution in [0, 0.1) is 0 Å². The van der Waals surface area contributed by atoms with Crippen molar-refractivity contribution in [3.63, 3.8) is 0 Å². The number of nitrogens with one attached hydrogen (secondary N) is 1. The van der Waals surface area contributed by atoms with Crippen LogP contribution < -0.4 is 11.1 Å². The highest BCUT2D eigenvalue weighted by Gasteiger charge is 2.17. The highest BCUT2D eigenvalue weighted by Crippen LogP contribution is 2.28. The topological polar surface area (TPSA) is 58.4 Å². The Kier molecular flexibility index (Phi) is 5.10. The SMILES string of the molecule is CN1CCC(Nc2ccccc2SCC(N)=O)CC1. The van der Waals surface area contributed by atoms with Crippen LogP contribution in [0.4, 0.5) is 5.69 Å². The second-order valence-electron chi connectivity index (χ2n) is 4.97. The zero-order valence-electron chi connectivity index (χ0n) is 11.3. The first-order valence-corrected chi connectivity index (χ1v) is 7.59. The number of hydrogen-bond acceptors (Lipinski definition) is 4. The molecule has 0 spiro atoms. The van der Waals surface area contributed by atoms with Crippen molar-refractivity contribution in [2.75, 3.05) is 31.2 Å². The largest absolute Gasteiger partial charge is 0.381 e. The van der Waals surface area contributed by atoms with Gasteiger partial charge in [0.15, 0.2) is 0 Å². The zero-order chi connectivity index (χ0) is 13.7. The monoisotopic (exact) mass is 279 g/mol. The third kappa shape index (κ3) is 4.44. The molecule has 5 heteroatoms. The van der Waals surface area contributed by atoms with E-state index < -0.39 is 0 Å². The summed E-state index contributed by atoms with van der Waals surface area (Å²) >= 11 is 1.50. The van der Waals surface area contributed by atoms with Crippen LogP contribution in [-0.2, 0) is 4.79 Å². The fourth-order valence-electron chi connectivity index (χ4n) is 2.23. The molecular weight excluding hydrogens is 258 g/mol. The third-order valence-corrected chi connectivity index (χ3v) is 4.43. The summed E-state index contributed by atoms with van der Waals surface area (Å²) in [7, 11) is 2.16. The summed E-state index contributed by atoms with van der Waals surface area (Å²) in [6, 6.07) is 8.63. The van der Waals surface area contributed by atoms with Gasteiger partial charge in [0.1, 0.15) is 0 Å². The molecule has 104 valence electrons. The van der Waals surface area contributed by atoms with Crippen LogP contribution in [0.5, 0.6) is 0 Å². The Morgan fingerprint density at radius 3 is 2.79 bits per heavy atom. The molecule has 3 N–H and O–H groups in total. The molecule has 0 saturated carbocycles. The number of anilines is 1. The Morgan fingerprint density at radius 2 is 2.11 bits per heavy atom. The number of rotatable bonds is 5. The number of nitrogens with zero attached hydrogens (tertiary/aromatic N) is 1. The van der Waals surface area contributed by atoms with Crippen LogP contribution in [0.2, 0.25) is 0 Å². The number of para-hydroxylation sites is 1. The van der Waals surface area contributed by atoms with Crippen molar-refractivity contribution in [1.82, 2.24) is 4.90 Å². The highest BCUT2D eigenvalue weighted by atomic mass is 32.2. The number of piperidine rings is 1. The Labute approximate surface area is 118 Å². The first-order valence-electron chi connectivity index (χ1n) is 6.60. The third-order valence-electron chi connectivity index (χ3n) is 3.34. The van der Waals surface area contributed by atoms with Gasteiger partial charge in [-0.1, -0.05) is 12.1 Å². The van der Waals surface area contributed by atoms with E-state index in [1.165, 1.54) is 11.8 Å². The zero-order valence-corrected chi connectivity index (χ0v) is 12.1. The molecule has 0 aromatic heterocycles. The van der Waals surface area contributed by atoms with Crippen molar-refractivity contribution in [3.05, 3.63) is 24.3 Å². The van der Waals surface area contributed by atoms with Crippen LogP contribution in [-0.4, -0.2) is 42.7 Å². The molecule has 1 saturated heterocycles. The van der Waals surface area contributed by atoms with E-state index >= 15 is 0 Å². The molecule has 0 radical (unpaired) electrons. The molecule has 1 aromatic carbocycles. The molecule has 1 aliphatic heterocycles. The van der Waals surface area contributed by atoms with E-state index in [-0.39, 0.29) is 5.91 Å². The van der Waals surface area contributed by atoms with Gasteiger partial charge in [-0.15, -0.1) is 11.8 Å². The molecule has 1 aliphatic rings. The second kappa shape index (κ2) is 6.82. The van der Waals surface area contributed by atoms with E-state index in [0.29, 0.717) is 11.8 Å². The van der Waals surface area contributed by atoms with Crippen molar-refractivity contribution in [3.8, 4) is 0 Å². The van der Waals surface area contributed by atoms with E-state index in [0.717, 1.165) is 36.5 Å². The predicted molar refractivity (Wildman–Crippen MR) is 80.5 cm³/mol. The van der Waals surface area contributed by atoms with Gasteiger partial charge in [-0.3, -0.25) is 4.79 Å². The molecule has 2 rings (SSSR count). The quantitative estimate of drug-likeness (QED) is 0.807. The Balaban J connectivity index is 1.97. The maximum atomic E-state index is 10.9. The van der Waals surface area contributed by atoms with Crippen molar-refractivity contribution < 1.29 is 4.79 Å². The average Bonchev–Trinajstić information content (AvgIpc) is 2.40. The molecule has 0 bridgehead atoms. The first kappa shape index (κ1) is 14.2. The van der Waals surface area contributed by atoms with Gasteiger partial charge in [-0.05, 0) is 45.1 Å². The van der Waals surface area contributed by atoms with E-state index in [2.05, 4.69) is 23.3 Å². The summed E-state index contributed by atoms with van der Waals surface area (Å²) < 4.78 is 0. The van der Waals surface area contributed by atoms with Crippen molar-refractivity contribution in [2.24, 2.45) is 5.73 Å². The van der Waals surface area contributed by atoms with Crippen LogP contribution in [0.15, 0.2) is 29.2 Å². The molecule has 1 fully saturated rings. The second-order valence-corrected chi connectivity index (χ2v) is 5.99. The maximum absolute atomic E-state index is 10.9. The summed E-state index contributed by atoms with van der Waals surface area (Å²) in [6.45, 7) is 2.27. The molecule has 0 unspecified atom stereocenters. The van der Waals surface area contributed by atoms with Crippen molar-refractivity contribution in [2.45, 2.75) is 23.8 Å². The number of thioether (sulfide) groups is 1. The van der Waals surface area contributed by atoms with E-state index in [1.54, 1.807) is 0 Å². The lowest BCUT2D eigenvalue weighted by molar-refractivity contribution is -0.115. The van der Waals surface area contributed by atoms with Gasteiger partial charge in [-0.2, -0.15) is 0 Å². The molecular formula is C14H21N3OS. The van der Waals surface area contributed by atoms with Crippen molar-refractivity contribution in [1.29, 1.82) is 0 Å². The van der Waals surface area contributed by atoms with E-state index in [1.807, 2.05) is 18.2 Å². The van der Waals surface area contributed by atoms with Gasteiger partial charge in [-0.25, -0.2) is 0 Å². The minimum absolute atomic E-state index is 0.279. The maximum Gasteiger partial charge on any atom is 0.227 e. The lowest BCUT2D eigenvalue weighted by Gasteiger charge is -2.30. The molecule has 19 heavy (non-hydrogen) atoms. The number of primary amides is 1. The Bertz CT molecular complexity index is 430. The number of carbonyl (C=O) groups excluding carboxylic acids is 1. The molecule has 0 aliphatic carbocycles. The minimum Gasteiger partial charge on any atom is -0.381 e. The summed E-state index contributed by atoms with van der Waals surface area (Å²) in [5.41, 5.74) is 6.32. The highest BCUT2D eigenvalue weighted by molar-refractivity contribution is 8.00. The summed E-state index contributed by atoms with van der Waals surface area (Å²) in [5, 5.41) is 3.59. The lowest BCUT2D eigenvalue weighted by atomic mass is 10.1. The van der Waals surface area contributed by atoms with Gasteiger partial charge >= 0.3 is 0 Å². The number of amides is 1. The van der Waals surface area contributed by atoms with Crippen LogP contribution in [0.1, 0.15) is 12.8 Å². The number of benzene rings is 1. The fourth-order valence-corrected chi connectivity index (χ4v) is 2.99. The van der Waals surface area contributed by atoms with Crippen LogP contribution in [0.3, 0.4) is 0 Å². The molecule has 1 amide bonds. The van der Waals surface area contributed by atoms with E-state index in [4.69, 9.17) is 5.73 Å².